The molecule has 0 aliphatic carbocycles. The summed E-state index contributed by atoms with van der Waals surface area (Å²) in [6.07, 6.45) is 4.09. The third kappa shape index (κ3) is 2.52. The van der Waals surface area contributed by atoms with Crippen LogP contribution in [-0.4, -0.2) is 16.4 Å². The quantitative estimate of drug-likeness (QED) is 0.684. The lowest BCUT2D eigenvalue weighted by molar-refractivity contribution is -0.112. The Balaban J connectivity index is 2.24. The van der Waals surface area contributed by atoms with E-state index in [1.165, 1.54) is 0 Å². The molecule has 0 bridgehead atoms. The van der Waals surface area contributed by atoms with Gasteiger partial charge in [0.15, 0.2) is 0 Å². The molecular weight excluding hydrogens is 174 g/mol. The zero-order chi connectivity index (χ0) is 8.97. The van der Waals surface area contributed by atoms with Crippen LogP contribution in [0.1, 0.15) is 32.6 Å². The first-order valence-electron chi connectivity index (χ1n) is 4.26. The lowest BCUT2D eigenvalue weighted by Crippen LogP contribution is -2.28. The SMILES string of the molecule is CCCCCC1NC(=O)SC1=O. The van der Waals surface area contributed by atoms with E-state index in [0.717, 1.165) is 37.4 Å². The molecule has 12 heavy (non-hydrogen) atoms. The Hall–Kier alpha value is -0.510. The number of hydrogen-bond donors (Lipinski definition) is 1. The predicted octanol–water partition coefficient (Wildman–Crippen LogP) is 1.92. The molecular formula is C8H13NO2S. The Morgan fingerprint density at radius 3 is 2.67 bits per heavy atom. The minimum Gasteiger partial charge on any atom is -0.336 e. The van der Waals surface area contributed by atoms with Crippen LogP contribution in [0.3, 0.4) is 0 Å². The molecule has 3 nitrogen and oxygen atoms in total. The molecule has 1 fully saturated rings. The van der Waals surface area contributed by atoms with Gasteiger partial charge in [-0.25, -0.2) is 0 Å². The highest BCUT2D eigenvalue weighted by Crippen LogP contribution is 2.19. The van der Waals surface area contributed by atoms with E-state index in [2.05, 4.69) is 12.2 Å². The molecule has 1 unspecified atom stereocenters. The number of amides is 1. The Kier molecular flexibility index (Phi) is 3.59. The maximum absolute atomic E-state index is 11.1. The van der Waals surface area contributed by atoms with Crippen LogP contribution in [0.5, 0.6) is 0 Å². The molecule has 0 saturated carbocycles. The smallest absolute Gasteiger partial charge is 0.287 e. The Morgan fingerprint density at radius 1 is 1.42 bits per heavy atom. The third-order valence-corrected chi connectivity index (χ3v) is 2.66. The Bertz CT molecular complexity index is 193. The van der Waals surface area contributed by atoms with Gasteiger partial charge in [-0.1, -0.05) is 26.2 Å². The summed E-state index contributed by atoms with van der Waals surface area (Å²) in [6, 6.07) is -0.214. The first kappa shape index (κ1) is 9.58. The summed E-state index contributed by atoms with van der Waals surface area (Å²) in [6.45, 7) is 2.11. The van der Waals surface area contributed by atoms with Gasteiger partial charge >= 0.3 is 0 Å². The van der Waals surface area contributed by atoms with Gasteiger partial charge in [0.25, 0.3) is 5.24 Å². The van der Waals surface area contributed by atoms with Gasteiger partial charge in [-0.05, 0) is 6.42 Å². The molecule has 1 aliphatic heterocycles. The first-order valence-corrected chi connectivity index (χ1v) is 5.08. The molecule has 0 radical (unpaired) electrons. The lowest BCUT2D eigenvalue weighted by atomic mass is 10.1. The van der Waals surface area contributed by atoms with Crippen molar-refractivity contribution in [1.82, 2.24) is 5.32 Å². The third-order valence-electron chi connectivity index (χ3n) is 1.87. The van der Waals surface area contributed by atoms with Crippen LogP contribution in [0, 0.1) is 0 Å². The van der Waals surface area contributed by atoms with Crippen molar-refractivity contribution >= 4 is 22.1 Å². The molecule has 0 aromatic rings. The van der Waals surface area contributed by atoms with Gasteiger partial charge < -0.3 is 5.32 Å². The standard InChI is InChI=1S/C8H13NO2S/c1-2-3-4-5-6-7(10)12-8(11)9-6/h6H,2-5H2,1H3,(H,9,11). The Labute approximate surface area is 76.3 Å². The first-order chi connectivity index (χ1) is 5.74. The van der Waals surface area contributed by atoms with Gasteiger partial charge in [0.05, 0.1) is 6.04 Å². The van der Waals surface area contributed by atoms with Crippen LogP contribution in [0.15, 0.2) is 0 Å². The van der Waals surface area contributed by atoms with Gasteiger partial charge in [-0.2, -0.15) is 0 Å². The van der Waals surface area contributed by atoms with Crippen LogP contribution in [0.2, 0.25) is 0 Å². The average Bonchev–Trinajstić information content (AvgIpc) is 2.31. The molecule has 1 saturated heterocycles. The van der Waals surface area contributed by atoms with Gasteiger partial charge in [0.2, 0.25) is 5.12 Å². The number of nitrogens with one attached hydrogen (secondary N) is 1. The van der Waals surface area contributed by atoms with Crippen LogP contribution in [0.25, 0.3) is 0 Å². The molecule has 68 valence electrons. The van der Waals surface area contributed by atoms with Gasteiger partial charge in [0, 0.05) is 11.8 Å². The van der Waals surface area contributed by atoms with Gasteiger partial charge in [0.1, 0.15) is 0 Å². The Morgan fingerprint density at radius 2 is 2.17 bits per heavy atom. The summed E-state index contributed by atoms with van der Waals surface area (Å²) in [4.78, 5) is 21.8. The van der Waals surface area contributed by atoms with Crippen molar-refractivity contribution < 1.29 is 9.59 Å². The highest BCUT2D eigenvalue weighted by atomic mass is 32.2. The second-order valence-electron chi connectivity index (χ2n) is 2.90. The molecule has 0 spiro atoms. The van der Waals surface area contributed by atoms with E-state index in [9.17, 15) is 9.59 Å². The number of rotatable bonds is 4. The van der Waals surface area contributed by atoms with Crippen molar-refractivity contribution in [1.29, 1.82) is 0 Å². The predicted molar refractivity (Wildman–Crippen MR) is 49.1 cm³/mol. The van der Waals surface area contributed by atoms with Crippen LogP contribution in [-0.2, 0) is 4.79 Å². The van der Waals surface area contributed by atoms with E-state index in [-0.39, 0.29) is 16.4 Å². The summed E-state index contributed by atoms with van der Waals surface area (Å²) >= 11 is 0.798. The molecule has 0 aromatic heterocycles. The second kappa shape index (κ2) is 4.50. The van der Waals surface area contributed by atoms with Gasteiger partial charge in [-0.15, -0.1) is 0 Å². The van der Waals surface area contributed by atoms with E-state index in [4.69, 9.17) is 0 Å². The second-order valence-corrected chi connectivity index (χ2v) is 3.88. The highest BCUT2D eigenvalue weighted by Gasteiger charge is 2.30. The largest absolute Gasteiger partial charge is 0.336 e. The number of hydrogen-bond acceptors (Lipinski definition) is 3. The molecule has 1 N–H and O–H groups in total. The van der Waals surface area contributed by atoms with Crippen molar-refractivity contribution in [2.75, 3.05) is 0 Å². The molecule has 0 aromatic carbocycles. The molecule has 1 atom stereocenters. The van der Waals surface area contributed by atoms with E-state index >= 15 is 0 Å². The number of thioether (sulfide) groups is 1. The van der Waals surface area contributed by atoms with Gasteiger partial charge in [-0.3, -0.25) is 9.59 Å². The van der Waals surface area contributed by atoms with E-state index in [1.54, 1.807) is 0 Å². The zero-order valence-corrected chi connectivity index (χ0v) is 7.95. The normalized spacial score (nSPS) is 22.9. The maximum atomic E-state index is 11.1. The minimum atomic E-state index is -0.214. The molecule has 1 rings (SSSR count). The van der Waals surface area contributed by atoms with E-state index < -0.39 is 0 Å². The van der Waals surface area contributed by atoms with Crippen LogP contribution in [0.4, 0.5) is 4.79 Å². The monoisotopic (exact) mass is 187 g/mol. The summed E-state index contributed by atoms with van der Waals surface area (Å²) in [5, 5.41) is 2.43. The summed E-state index contributed by atoms with van der Waals surface area (Å²) < 4.78 is 0. The zero-order valence-electron chi connectivity index (χ0n) is 7.13. The van der Waals surface area contributed by atoms with Crippen LogP contribution >= 0.6 is 11.8 Å². The van der Waals surface area contributed by atoms with E-state index in [1.807, 2.05) is 0 Å². The highest BCUT2D eigenvalue weighted by molar-refractivity contribution is 8.26. The molecule has 1 aliphatic rings. The van der Waals surface area contributed by atoms with E-state index in [0.29, 0.717) is 0 Å². The number of carbonyl (C=O) groups excluding carboxylic acids is 2. The minimum absolute atomic E-state index is 0.0175. The number of carbonyl (C=O) groups is 2. The number of unbranched alkanes of at least 4 members (excludes halogenated alkanes) is 2. The van der Waals surface area contributed by atoms with Crippen molar-refractivity contribution in [2.24, 2.45) is 0 Å². The average molecular weight is 187 g/mol. The molecule has 4 heteroatoms. The molecule has 1 heterocycles. The van der Waals surface area contributed by atoms with Crippen LogP contribution < -0.4 is 5.32 Å². The van der Waals surface area contributed by atoms with Crippen molar-refractivity contribution in [3.05, 3.63) is 0 Å². The topological polar surface area (TPSA) is 46.2 Å². The van der Waals surface area contributed by atoms with Crippen molar-refractivity contribution in [2.45, 2.75) is 38.6 Å². The fourth-order valence-corrected chi connectivity index (χ4v) is 1.88. The maximum Gasteiger partial charge on any atom is 0.287 e. The molecule has 1 amide bonds. The van der Waals surface area contributed by atoms with Crippen molar-refractivity contribution in [3.8, 4) is 0 Å². The summed E-state index contributed by atoms with van der Waals surface area (Å²) in [5.74, 6) is 0. The summed E-state index contributed by atoms with van der Waals surface area (Å²) in [5.41, 5.74) is 0. The summed E-state index contributed by atoms with van der Waals surface area (Å²) in [7, 11) is 0. The fraction of sp³-hybridized carbons (Fsp3) is 0.750. The lowest BCUT2D eigenvalue weighted by Gasteiger charge is -2.05. The fourth-order valence-electron chi connectivity index (χ4n) is 1.18. The van der Waals surface area contributed by atoms with Crippen molar-refractivity contribution in [3.63, 3.8) is 0 Å².